The first-order valence-electron chi connectivity index (χ1n) is 7.34. The van der Waals surface area contributed by atoms with E-state index in [4.69, 9.17) is 33.7 Å². The average Bonchev–Trinajstić information content (AvgIpc) is 2.63. The summed E-state index contributed by atoms with van der Waals surface area (Å²) in [5.41, 5.74) is 8.92. The standard InChI is InChI=1S/C19H13Cl2N3O/c1-25-12-5-2-4-11(8-12)17-9-14(15(10-22)19(23)24-17)13-6-3-7-16(20)18(13)21/h2-9H,1H3,(H2,23,24). The third-order valence-corrected chi connectivity index (χ3v) is 4.59. The van der Waals surface area contributed by atoms with Crippen molar-refractivity contribution in [3.63, 3.8) is 0 Å². The Morgan fingerprint density at radius 3 is 2.56 bits per heavy atom. The second kappa shape index (κ2) is 7.02. The van der Waals surface area contributed by atoms with Gasteiger partial charge in [0.05, 0.1) is 22.8 Å². The number of nitrogen functional groups attached to an aromatic ring is 1. The van der Waals surface area contributed by atoms with Gasteiger partial charge in [0.25, 0.3) is 0 Å². The summed E-state index contributed by atoms with van der Waals surface area (Å²) in [6.07, 6.45) is 0. The van der Waals surface area contributed by atoms with E-state index in [0.717, 1.165) is 5.56 Å². The highest BCUT2D eigenvalue weighted by Gasteiger charge is 2.16. The number of nitrogens with zero attached hydrogens (tertiary/aromatic N) is 2. The van der Waals surface area contributed by atoms with Crippen LogP contribution in [-0.2, 0) is 0 Å². The van der Waals surface area contributed by atoms with Crippen LogP contribution in [0.3, 0.4) is 0 Å². The van der Waals surface area contributed by atoms with Gasteiger partial charge in [0.1, 0.15) is 23.2 Å². The Kier molecular flexibility index (Phi) is 4.80. The zero-order chi connectivity index (χ0) is 18.0. The van der Waals surface area contributed by atoms with E-state index in [0.29, 0.717) is 32.6 Å². The van der Waals surface area contributed by atoms with Crippen molar-refractivity contribution >= 4 is 29.0 Å². The lowest BCUT2D eigenvalue weighted by molar-refractivity contribution is 0.415. The van der Waals surface area contributed by atoms with E-state index in [1.165, 1.54) is 0 Å². The molecule has 2 aromatic carbocycles. The summed E-state index contributed by atoms with van der Waals surface area (Å²) in [6.45, 7) is 0. The number of aromatic nitrogens is 1. The van der Waals surface area contributed by atoms with Crippen LogP contribution in [0.25, 0.3) is 22.4 Å². The average molecular weight is 370 g/mol. The number of halogens is 2. The molecule has 3 rings (SSSR count). The maximum absolute atomic E-state index is 9.50. The van der Waals surface area contributed by atoms with Crippen LogP contribution < -0.4 is 10.5 Å². The summed E-state index contributed by atoms with van der Waals surface area (Å²) in [5, 5.41) is 10.3. The molecular formula is C19H13Cl2N3O. The minimum absolute atomic E-state index is 0.133. The number of nitriles is 1. The molecule has 0 bridgehead atoms. The van der Waals surface area contributed by atoms with Crippen LogP contribution in [0, 0.1) is 11.3 Å². The Morgan fingerprint density at radius 1 is 1.08 bits per heavy atom. The molecule has 0 aliphatic rings. The summed E-state index contributed by atoms with van der Waals surface area (Å²) in [4.78, 5) is 4.35. The van der Waals surface area contributed by atoms with Crippen LogP contribution in [0.1, 0.15) is 5.56 Å². The maximum Gasteiger partial charge on any atom is 0.142 e. The number of pyridine rings is 1. The van der Waals surface area contributed by atoms with Crippen LogP contribution >= 0.6 is 23.2 Å². The van der Waals surface area contributed by atoms with E-state index in [9.17, 15) is 5.26 Å². The Labute approximate surface area is 155 Å². The Morgan fingerprint density at radius 2 is 1.84 bits per heavy atom. The second-order valence-corrected chi connectivity index (χ2v) is 6.05. The lowest BCUT2D eigenvalue weighted by Crippen LogP contribution is -2.00. The van der Waals surface area contributed by atoms with Gasteiger partial charge in [-0.25, -0.2) is 4.98 Å². The van der Waals surface area contributed by atoms with Crippen molar-refractivity contribution in [1.82, 2.24) is 4.98 Å². The van der Waals surface area contributed by atoms with Gasteiger partial charge in [0.15, 0.2) is 0 Å². The molecule has 2 N–H and O–H groups in total. The molecule has 1 heterocycles. The molecule has 1 aromatic heterocycles. The Bertz CT molecular complexity index is 996. The highest BCUT2D eigenvalue weighted by molar-refractivity contribution is 6.43. The number of rotatable bonds is 3. The third-order valence-electron chi connectivity index (χ3n) is 3.77. The fourth-order valence-corrected chi connectivity index (χ4v) is 2.94. The van der Waals surface area contributed by atoms with E-state index in [-0.39, 0.29) is 11.4 Å². The summed E-state index contributed by atoms with van der Waals surface area (Å²) in [7, 11) is 1.59. The van der Waals surface area contributed by atoms with Gasteiger partial charge in [-0.1, -0.05) is 47.5 Å². The SMILES string of the molecule is COc1cccc(-c2cc(-c3cccc(Cl)c3Cl)c(C#N)c(N)n2)c1. The number of hydrogen-bond donors (Lipinski definition) is 1. The van der Waals surface area contributed by atoms with E-state index in [1.54, 1.807) is 31.4 Å². The fraction of sp³-hybridized carbons (Fsp3) is 0.0526. The smallest absolute Gasteiger partial charge is 0.142 e. The van der Waals surface area contributed by atoms with Gasteiger partial charge in [0, 0.05) is 16.7 Å². The highest BCUT2D eigenvalue weighted by atomic mass is 35.5. The molecule has 4 nitrogen and oxygen atoms in total. The number of nitrogens with two attached hydrogens (primary N) is 1. The van der Waals surface area contributed by atoms with Crippen molar-refractivity contribution in [2.75, 3.05) is 12.8 Å². The van der Waals surface area contributed by atoms with E-state index in [2.05, 4.69) is 11.1 Å². The van der Waals surface area contributed by atoms with Crippen molar-refractivity contribution in [2.45, 2.75) is 0 Å². The van der Waals surface area contributed by atoms with Crippen LogP contribution in [0.2, 0.25) is 10.0 Å². The maximum atomic E-state index is 9.50. The monoisotopic (exact) mass is 369 g/mol. The van der Waals surface area contributed by atoms with Gasteiger partial charge >= 0.3 is 0 Å². The molecule has 0 unspecified atom stereocenters. The van der Waals surface area contributed by atoms with Crippen LogP contribution in [0.4, 0.5) is 5.82 Å². The molecule has 0 aliphatic carbocycles. The quantitative estimate of drug-likeness (QED) is 0.689. The lowest BCUT2D eigenvalue weighted by Gasteiger charge is -2.12. The summed E-state index contributed by atoms with van der Waals surface area (Å²) in [5.74, 6) is 0.832. The molecule has 6 heteroatoms. The molecule has 0 fully saturated rings. The van der Waals surface area contributed by atoms with Gasteiger partial charge in [0.2, 0.25) is 0 Å². The molecule has 0 amide bonds. The third kappa shape index (κ3) is 3.25. The van der Waals surface area contributed by atoms with Crippen molar-refractivity contribution < 1.29 is 4.74 Å². The number of hydrogen-bond acceptors (Lipinski definition) is 4. The topological polar surface area (TPSA) is 71.9 Å². The van der Waals surface area contributed by atoms with Crippen LogP contribution in [0.15, 0.2) is 48.5 Å². The van der Waals surface area contributed by atoms with Crippen molar-refractivity contribution in [3.05, 3.63) is 64.1 Å². The molecule has 0 radical (unpaired) electrons. The number of methoxy groups -OCH3 is 1. The van der Waals surface area contributed by atoms with Crippen molar-refractivity contribution in [3.8, 4) is 34.2 Å². The molecule has 3 aromatic rings. The molecular weight excluding hydrogens is 357 g/mol. The largest absolute Gasteiger partial charge is 0.497 e. The first-order valence-corrected chi connectivity index (χ1v) is 8.10. The van der Waals surface area contributed by atoms with Crippen molar-refractivity contribution in [2.24, 2.45) is 0 Å². The number of ether oxygens (including phenoxy) is 1. The first-order chi connectivity index (χ1) is 12.0. The van der Waals surface area contributed by atoms with Gasteiger partial charge in [-0.05, 0) is 24.3 Å². The van der Waals surface area contributed by atoms with Crippen LogP contribution in [0.5, 0.6) is 5.75 Å². The highest BCUT2D eigenvalue weighted by Crippen LogP contribution is 2.38. The normalized spacial score (nSPS) is 10.3. The number of anilines is 1. The van der Waals surface area contributed by atoms with Gasteiger partial charge < -0.3 is 10.5 Å². The van der Waals surface area contributed by atoms with E-state index in [1.807, 2.05) is 24.3 Å². The van der Waals surface area contributed by atoms with Crippen molar-refractivity contribution in [1.29, 1.82) is 5.26 Å². The number of benzene rings is 2. The minimum Gasteiger partial charge on any atom is -0.497 e. The molecule has 25 heavy (non-hydrogen) atoms. The molecule has 124 valence electrons. The predicted molar refractivity (Wildman–Crippen MR) is 101 cm³/mol. The fourth-order valence-electron chi connectivity index (χ4n) is 2.54. The van der Waals surface area contributed by atoms with Crippen LogP contribution in [-0.4, -0.2) is 12.1 Å². The molecule has 0 aliphatic heterocycles. The summed E-state index contributed by atoms with van der Waals surface area (Å²) >= 11 is 12.4. The second-order valence-electron chi connectivity index (χ2n) is 5.26. The van der Waals surface area contributed by atoms with Gasteiger partial charge in [-0.3, -0.25) is 0 Å². The van der Waals surface area contributed by atoms with E-state index < -0.39 is 0 Å². The Hall–Kier alpha value is -2.74. The van der Waals surface area contributed by atoms with E-state index >= 15 is 0 Å². The Balaban J connectivity index is 2.26. The lowest BCUT2D eigenvalue weighted by atomic mass is 9.98. The summed E-state index contributed by atoms with van der Waals surface area (Å²) < 4.78 is 5.25. The van der Waals surface area contributed by atoms with Gasteiger partial charge in [-0.2, -0.15) is 5.26 Å². The minimum atomic E-state index is 0.133. The predicted octanol–water partition coefficient (Wildman–Crippen LogP) is 5.18. The summed E-state index contributed by atoms with van der Waals surface area (Å²) in [6, 6.07) is 16.6. The zero-order valence-corrected chi connectivity index (χ0v) is 14.8. The zero-order valence-electron chi connectivity index (χ0n) is 13.3. The molecule has 0 atom stereocenters. The molecule has 0 saturated carbocycles. The molecule has 0 saturated heterocycles. The first kappa shape index (κ1) is 17.1. The van der Waals surface area contributed by atoms with Gasteiger partial charge in [-0.15, -0.1) is 0 Å². The molecule has 0 spiro atoms.